The van der Waals surface area contributed by atoms with Crippen LogP contribution in [0.3, 0.4) is 0 Å². The zero-order chi connectivity index (χ0) is 24.8. The number of nitrogens with zero attached hydrogens (tertiary/aromatic N) is 2. The number of fused-ring (bicyclic) bond motifs is 1. The number of esters is 2. The van der Waals surface area contributed by atoms with E-state index in [1.807, 2.05) is 44.2 Å². The van der Waals surface area contributed by atoms with Crippen molar-refractivity contribution >= 4 is 45.2 Å². The summed E-state index contributed by atoms with van der Waals surface area (Å²) in [6, 6.07) is 8.45. The second-order valence-electron chi connectivity index (χ2n) is 8.04. The van der Waals surface area contributed by atoms with Crippen LogP contribution in [0.1, 0.15) is 47.4 Å². The predicted octanol–water partition coefficient (Wildman–Crippen LogP) is 3.19. The van der Waals surface area contributed by atoms with E-state index in [0.29, 0.717) is 20.7 Å². The fourth-order valence-electron chi connectivity index (χ4n) is 3.40. The highest BCUT2D eigenvalue weighted by molar-refractivity contribution is 7.20. The Bertz CT molecular complexity index is 1190. The van der Waals surface area contributed by atoms with E-state index in [4.69, 9.17) is 15.2 Å². The number of aryl methyl sites for hydroxylation is 1. The average Bonchev–Trinajstić information content (AvgIpc) is 3.13. The van der Waals surface area contributed by atoms with Gasteiger partial charge in [0, 0.05) is 0 Å². The van der Waals surface area contributed by atoms with Gasteiger partial charge in [-0.2, -0.15) is 0 Å². The quantitative estimate of drug-likeness (QED) is 0.442. The van der Waals surface area contributed by atoms with Gasteiger partial charge < -0.3 is 20.5 Å². The number of thiophene rings is 1. The second kappa shape index (κ2) is 11.1. The van der Waals surface area contributed by atoms with Crippen LogP contribution < -0.4 is 11.1 Å². The molecule has 0 saturated heterocycles. The first-order chi connectivity index (χ1) is 16.2. The van der Waals surface area contributed by atoms with Gasteiger partial charge in [-0.3, -0.25) is 4.79 Å². The number of nitrogen functional groups attached to an aromatic ring is 1. The summed E-state index contributed by atoms with van der Waals surface area (Å²) in [5, 5.41) is 3.33. The monoisotopic (exact) mass is 484 g/mol. The standard InChI is InChI=1S/C24H28N4O5S/c1-5-32-24(31)20-14(4)18-21(25)26-16(27-22(18)34-20)12-33-23(30)19(13(2)3)28-17(29)11-15-9-7-6-8-10-15/h6-10,13,19H,5,11-12H2,1-4H3,(H,28,29)(H2,25,26,27)/t19-/m0/s1. The Morgan fingerprint density at radius 3 is 2.47 bits per heavy atom. The molecule has 3 aromatic rings. The van der Waals surface area contributed by atoms with E-state index in [2.05, 4.69) is 15.3 Å². The molecule has 0 aliphatic rings. The predicted molar refractivity (Wildman–Crippen MR) is 129 cm³/mol. The lowest BCUT2D eigenvalue weighted by atomic mass is 10.0. The van der Waals surface area contributed by atoms with Crippen LogP contribution in [0.5, 0.6) is 0 Å². The third kappa shape index (κ3) is 5.88. The van der Waals surface area contributed by atoms with Crippen molar-refractivity contribution in [1.82, 2.24) is 15.3 Å². The van der Waals surface area contributed by atoms with E-state index in [1.54, 1.807) is 13.8 Å². The van der Waals surface area contributed by atoms with E-state index in [0.717, 1.165) is 16.9 Å². The Hall–Kier alpha value is -3.53. The smallest absolute Gasteiger partial charge is 0.348 e. The van der Waals surface area contributed by atoms with E-state index in [-0.39, 0.29) is 43.1 Å². The van der Waals surface area contributed by atoms with Gasteiger partial charge in [0.15, 0.2) is 12.4 Å². The van der Waals surface area contributed by atoms with Gasteiger partial charge in [0.2, 0.25) is 5.91 Å². The summed E-state index contributed by atoms with van der Waals surface area (Å²) in [6.07, 6.45) is 0.161. The molecular formula is C24H28N4O5S. The van der Waals surface area contributed by atoms with Crippen LogP contribution in [-0.2, 0) is 32.1 Å². The minimum atomic E-state index is -0.823. The van der Waals surface area contributed by atoms with Crippen molar-refractivity contribution in [3.8, 4) is 0 Å². The molecule has 1 aromatic carbocycles. The summed E-state index contributed by atoms with van der Waals surface area (Å²) in [5.41, 5.74) is 7.61. The van der Waals surface area contributed by atoms with Gasteiger partial charge in [-0.05, 0) is 30.9 Å². The first-order valence-electron chi connectivity index (χ1n) is 10.9. The van der Waals surface area contributed by atoms with Crippen LogP contribution in [0.4, 0.5) is 5.82 Å². The fourth-order valence-corrected chi connectivity index (χ4v) is 4.50. The fraction of sp³-hybridized carbons (Fsp3) is 0.375. The molecule has 0 spiro atoms. The molecule has 0 radical (unpaired) electrons. The molecule has 3 rings (SSSR count). The van der Waals surface area contributed by atoms with Gasteiger partial charge in [0.05, 0.1) is 18.4 Å². The van der Waals surface area contributed by atoms with Gasteiger partial charge in [-0.25, -0.2) is 19.6 Å². The number of nitrogens with two attached hydrogens (primary N) is 1. The minimum absolute atomic E-state index is 0.161. The molecule has 0 aliphatic heterocycles. The molecule has 3 N–H and O–H groups in total. The van der Waals surface area contributed by atoms with Gasteiger partial charge in [-0.15, -0.1) is 11.3 Å². The van der Waals surface area contributed by atoms with Crippen LogP contribution in [0, 0.1) is 12.8 Å². The summed E-state index contributed by atoms with van der Waals surface area (Å²) in [5.74, 6) is -1.10. The number of ether oxygens (including phenoxy) is 2. The highest BCUT2D eigenvalue weighted by Crippen LogP contribution is 2.33. The second-order valence-corrected chi connectivity index (χ2v) is 9.04. The summed E-state index contributed by atoms with van der Waals surface area (Å²) in [6.45, 7) is 7.17. The molecule has 180 valence electrons. The Labute approximate surface area is 201 Å². The summed E-state index contributed by atoms with van der Waals surface area (Å²) in [7, 11) is 0. The highest BCUT2D eigenvalue weighted by Gasteiger charge is 2.26. The number of hydrogen-bond donors (Lipinski definition) is 2. The number of hydrogen-bond acceptors (Lipinski definition) is 9. The van der Waals surface area contributed by atoms with Gasteiger partial charge in [0.25, 0.3) is 0 Å². The van der Waals surface area contributed by atoms with Crippen LogP contribution >= 0.6 is 11.3 Å². The number of carbonyl (C=O) groups is 3. The maximum Gasteiger partial charge on any atom is 0.348 e. The zero-order valence-corrected chi connectivity index (χ0v) is 20.4. The Balaban J connectivity index is 1.69. The molecule has 1 amide bonds. The molecule has 34 heavy (non-hydrogen) atoms. The van der Waals surface area contributed by atoms with Crippen molar-refractivity contribution in [2.24, 2.45) is 5.92 Å². The molecule has 9 nitrogen and oxygen atoms in total. The third-order valence-corrected chi connectivity index (χ3v) is 6.28. The van der Waals surface area contributed by atoms with Crippen molar-refractivity contribution in [1.29, 1.82) is 0 Å². The normalized spacial score (nSPS) is 11.9. The van der Waals surface area contributed by atoms with E-state index >= 15 is 0 Å². The van der Waals surface area contributed by atoms with Crippen LogP contribution in [0.15, 0.2) is 30.3 Å². The number of rotatable bonds is 9. The van der Waals surface area contributed by atoms with Crippen molar-refractivity contribution in [3.05, 3.63) is 52.2 Å². The third-order valence-electron chi connectivity index (χ3n) is 5.11. The highest BCUT2D eigenvalue weighted by atomic mass is 32.1. The molecule has 0 fully saturated rings. The first kappa shape index (κ1) is 25.1. The SMILES string of the molecule is CCOC(=O)c1sc2nc(COC(=O)[C@@H](NC(=O)Cc3ccccc3)C(C)C)nc(N)c2c1C. The summed E-state index contributed by atoms with van der Waals surface area (Å²) < 4.78 is 10.5. The number of nitrogens with one attached hydrogen (secondary N) is 1. The van der Waals surface area contributed by atoms with Crippen molar-refractivity contribution < 1.29 is 23.9 Å². The van der Waals surface area contributed by atoms with Crippen LogP contribution in [0.25, 0.3) is 10.2 Å². The molecule has 1 atom stereocenters. The van der Waals surface area contributed by atoms with E-state index < -0.39 is 18.0 Å². The zero-order valence-electron chi connectivity index (χ0n) is 19.6. The Morgan fingerprint density at radius 2 is 1.82 bits per heavy atom. The number of anilines is 1. The molecular weight excluding hydrogens is 456 g/mol. The van der Waals surface area contributed by atoms with Crippen molar-refractivity contribution in [2.45, 2.75) is 46.8 Å². The van der Waals surface area contributed by atoms with Crippen LogP contribution in [0.2, 0.25) is 0 Å². The molecule has 0 bridgehead atoms. The van der Waals surface area contributed by atoms with Crippen LogP contribution in [-0.4, -0.2) is 40.5 Å². The molecule has 2 aromatic heterocycles. The van der Waals surface area contributed by atoms with E-state index in [1.165, 1.54) is 0 Å². The van der Waals surface area contributed by atoms with Gasteiger partial charge >= 0.3 is 11.9 Å². The Morgan fingerprint density at radius 1 is 1.12 bits per heavy atom. The molecule has 2 heterocycles. The first-order valence-corrected chi connectivity index (χ1v) is 11.7. The van der Waals surface area contributed by atoms with Crippen molar-refractivity contribution in [2.75, 3.05) is 12.3 Å². The molecule has 0 saturated carbocycles. The van der Waals surface area contributed by atoms with Gasteiger partial charge in [0.1, 0.15) is 21.6 Å². The molecule has 0 unspecified atom stereocenters. The van der Waals surface area contributed by atoms with Crippen molar-refractivity contribution in [3.63, 3.8) is 0 Å². The summed E-state index contributed by atoms with van der Waals surface area (Å²) in [4.78, 5) is 46.9. The minimum Gasteiger partial charge on any atom is -0.462 e. The lowest BCUT2D eigenvalue weighted by Crippen LogP contribution is -2.45. The average molecular weight is 485 g/mol. The molecule has 0 aliphatic carbocycles. The molecule has 10 heteroatoms. The maximum atomic E-state index is 12.7. The lowest BCUT2D eigenvalue weighted by molar-refractivity contribution is -0.150. The lowest BCUT2D eigenvalue weighted by Gasteiger charge is -2.20. The topological polar surface area (TPSA) is 134 Å². The maximum absolute atomic E-state index is 12.7. The Kier molecular flexibility index (Phi) is 8.17. The number of aromatic nitrogens is 2. The van der Waals surface area contributed by atoms with Gasteiger partial charge in [-0.1, -0.05) is 44.2 Å². The van der Waals surface area contributed by atoms with E-state index in [9.17, 15) is 14.4 Å². The number of carbonyl (C=O) groups excluding carboxylic acids is 3. The number of benzene rings is 1. The summed E-state index contributed by atoms with van der Waals surface area (Å²) >= 11 is 1.15. The largest absolute Gasteiger partial charge is 0.462 e. The number of amides is 1.